The van der Waals surface area contributed by atoms with Crippen molar-refractivity contribution >= 4 is 27.1 Å². The Kier molecular flexibility index (Phi) is 6.68. The van der Waals surface area contributed by atoms with Gasteiger partial charge < -0.3 is 4.74 Å². The lowest BCUT2D eigenvalue weighted by Crippen LogP contribution is -2.40. The summed E-state index contributed by atoms with van der Waals surface area (Å²) in [5.41, 5.74) is 3.32. The molecular weight excluding hydrogens is 360 g/mol. The Morgan fingerprint density at radius 2 is 2.08 bits per heavy atom. The summed E-state index contributed by atoms with van der Waals surface area (Å²) in [5.74, 6) is 0.238. The summed E-state index contributed by atoms with van der Waals surface area (Å²) in [6.45, 7) is 6.95. The number of anilines is 1. The molecule has 10 heteroatoms. The SMILES string of the molecule is CC[C@H](C)/C(C)=N\Nc1ccc(S(=O)(=O)N2CCOCC2)cc1[N+](=O)[O-]. The molecule has 1 aliphatic rings. The van der Waals surface area contributed by atoms with Crippen LogP contribution < -0.4 is 5.43 Å². The molecule has 0 aliphatic carbocycles. The number of nitrogens with one attached hydrogen (secondary N) is 1. The van der Waals surface area contributed by atoms with E-state index in [9.17, 15) is 18.5 Å². The summed E-state index contributed by atoms with van der Waals surface area (Å²) < 4.78 is 31.8. The third kappa shape index (κ3) is 4.57. The normalized spacial score (nSPS) is 17.7. The first-order valence-electron chi connectivity index (χ1n) is 8.44. The predicted octanol–water partition coefficient (Wildman–Crippen LogP) is 2.45. The average molecular weight is 384 g/mol. The molecule has 0 bridgehead atoms. The van der Waals surface area contributed by atoms with Crippen molar-refractivity contribution in [2.45, 2.75) is 32.1 Å². The van der Waals surface area contributed by atoms with E-state index in [4.69, 9.17) is 4.74 Å². The number of nitrogens with zero attached hydrogens (tertiary/aromatic N) is 3. The lowest BCUT2D eigenvalue weighted by molar-refractivity contribution is -0.384. The van der Waals surface area contributed by atoms with E-state index in [0.29, 0.717) is 13.2 Å². The van der Waals surface area contributed by atoms with Crippen LogP contribution in [0.15, 0.2) is 28.2 Å². The van der Waals surface area contributed by atoms with Gasteiger partial charge in [-0.05, 0) is 31.4 Å². The molecule has 1 aliphatic heterocycles. The molecule has 144 valence electrons. The zero-order valence-corrected chi connectivity index (χ0v) is 16.0. The maximum absolute atomic E-state index is 12.7. The Bertz CT molecular complexity index is 788. The molecule has 1 N–H and O–H groups in total. The molecule has 1 aromatic rings. The number of ether oxygens (including phenoxy) is 1. The standard InChI is InChI=1S/C16H24N4O5S/c1-4-12(2)13(3)17-18-15-6-5-14(11-16(15)20(21)22)26(23,24)19-7-9-25-10-8-19/h5-6,11-12,18H,4,7-10H2,1-3H3/b17-13-/t12-/m0/s1. The van der Waals surface area contributed by atoms with E-state index in [1.165, 1.54) is 16.4 Å². The summed E-state index contributed by atoms with van der Waals surface area (Å²) in [6, 6.07) is 3.80. The van der Waals surface area contributed by atoms with Gasteiger partial charge in [-0.25, -0.2) is 8.42 Å². The largest absolute Gasteiger partial charge is 0.379 e. The van der Waals surface area contributed by atoms with Gasteiger partial charge in [0.1, 0.15) is 5.69 Å². The molecule has 0 radical (unpaired) electrons. The number of benzene rings is 1. The van der Waals surface area contributed by atoms with Crippen LogP contribution in [0.2, 0.25) is 0 Å². The van der Waals surface area contributed by atoms with Crippen LogP contribution >= 0.6 is 0 Å². The number of nitro benzene ring substituents is 1. The number of hydrazone groups is 1. The number of sulfonamides is 1. The summed E-state index contributed by atoms with van der Waals surface area (Å²) in [5, 5.41) is 15.6. The molecule has 9 nitrogen and oxygen atoms in total. The quantitative estimate of drug-likeness (QED) is 0.439. The lowest BCUT2D eigenvalue weighted by atomic mass is 10.1. The number of hydrogen-bond donors (Lipinski definition) is 1. The highest BCUT2D eigenvalue weighted by atomic mass is 32.2. The highest BCUT2D eigenvalue weighted by Gasteiger charge is 2.28. The van der Waals surface area contributed by atoms with E-state index in [-0.39, 0.29) is 35.3 Å². The van der Waals surface area contributed by atoms with Gasteiger partial charge in [-0.3, -0.25) is 15.5 Å². The fourth-order valence-corrected chi connectivity index (χ4v) is 3.84. The molecule has 1 atom stereocenters. The summed E-state index contributed by atoms with van der Waals surface area (Å²) in [6.07, 6.45) is 0.899. The lowest BCUT2D eigenvalue weighted by Gasteiger charge is -2.26. The minimum atomic E-state index is -3.80. The number of nitro groups is 1. The highest BCUT2D eigenvalue weighted by Crippen LogP contribution is 2.29. The average Bonchev–Trinajstić information content (AvgIpc) is 2.65. The van der Waals surface area contributed by atoms with E-state index in [2.05, 4.69) is 10.5 Å². The van der Waals surface area contributed by atoms with Gasteiger partial charge in [0.2, 0.25) is 10.0 Å². The Hall–Kier alpha value is -2.04. The molecule has 1 aromatic carbocycles. The minimum Gasteiger partial charge on any atom is -0.379 e. The fourth-order valence-electron chi connectivity index (χ4n) is 2.41. The van der Waals surface area contributed by atoms with Gasteiger partial charge in [0.15, 0.2) is 0 Å². The molecule has 1 heterocycles. The molecule has 0 amide bonds. The Balaban J connectivity index is 2.32. The molecule has 0 aromatic heterocycles. The van der Waals surface area contributed by atoms with Crippen LogP contribution in [0.1, 0.15) is 27.2 Å². The van der Waals surface area contributed by atoms with Crippen molar-refractivity contribution in [3.63, 3.8) is 0 Å². The summed E-state index contributed by atoms with van der Waals surface area (Å²) in [7, 11) is -3.80. The number of hydrogen-bond acceptors (Lipinski definition) is 7. The monoisotopic (exact) mass is 384 g/mol. The van der Waals surface area contributed by atoms with Gasteiger partial charge in [-0.15, -0.1) is 0 Å². The molecule has 26 heavy (non-hydrogen) atoms. The van der Waals surface area contributed by atoms with Crippen LogP contribution in [0.3, 0.4) is 0 Å². The zero-order chi connectivity index (χ0) is 19.3. The van der Waals surface area contributed by atoms with Gasteiger partial charge in [-0.2, -0.15) is 9.41 Å². The van der Waals surface area contributed by atoms with E-state index < -0.39 is 14.9 Å². The predicted molar refractivity (Wildman–Crippen MR) is 98.9 cm³/mol. The molecule has 2 rings (SSSR count). The third-order valence-corrected chi connectivity index (χ3v) is 6.35. The third-order valence-electron chi connectivity index (χ3n) is 4.45. The van der Waals surface area contributed by atoms with E-state index in [1.54, 1.807) is 0 Å². The smallest absolute Gasteiger partial charge is 0.295 e. The van der Waals surface area contributed by atoms with Crippen LogP contribution in [0.25, 0.3) is 0 Å². The topological polar surface area (TPSA) is 114 Å². The van der Waals surface area contributed by atoms with Crippen molar-refractivity contribution in [1.82, 2.24) is 4.31 Å². The first-order valence-corrected chi connectivity index (χ1v) is 9.88. The molecule has 0 spiro atoms. The van der Waals surface area contributed by atoms with Gasteiger partial charge in [0.05, 0.1) is 23.0 Å². The first-order chi connectivity index (χ1) is 12.3. The van der Waals surface area contributed by atoms with Crippen LogP contribution in [0.4, 0.5) is 11.4 Å². The maximum Gasteiger partial charge on any atom is 0.295 e. The number of morpholine rings is 1. The molecule has 1 fully saturated rings. The van der Waals surface area contributed by atoms with Crippen molar-refractivity contribution < 1.29 is 18.1 Å². The van der Waals surface area contributed by atoms with Gasteiger partial charge in [0.25, 0.3) is 5.69 Å². The second-order valence-electron chi connectivity index (χ2n) is 6.13. The summed E-state index contributed by atoms with van der Waals surface area (Å²) in [4.78, 5) is 10.7. The molecular formula is C16H24N4O5S. The van der Waals surface area contributed by atoms with Crippen LogP contribution in [0.5, 0.6) is 0 Å². The Morgan fingerprint density at radius 1 is 1.42 bits per heavy atom. The van der Waals surface area contributed by atoms with Crippen molar-refractivity contribution in [2.24, 2.45) is 11.0 Å². The molecule has 1 saturated heterocycles. The Morgan fingerprint density at radius 3 is 2.65 bits per heavy atom. The molecule has 0 unspecified atom stereocenters. The molecule has 0 saturated carbocycles. The number of rotatable bonds is 7. The van der Waals surface area contributed by atoms with Crippen molar-refractivity contribution in [1.29, 1.82) is 0 Å². The second kappa shape index (κ2) is 8.56. The first kappa shape index (κ1) is 20.3. The van der Waals surface area contributed by atoms with E-state index in [0.717, 1.165) is 18.2 Å². The van der Waals surface area contributed by atoms with E-state index in [1.807, 2.05) is 20.8 Å². The van der Waals surface area contributed by atoms with Gasteiger partial charge in [0, 0.05) is 24.9 Å². The van der Waals surface area contributed by atoms with Crippen molar-refractivity contribution in [2.75, 3.05) is 31.7 Å². The second-order valence-corrected chi connectivity index (χ2v) is 8.06. The van der Waals surface area contributed by atoms with E-state index >= 15 is 0 Å². The summed E-state index contributed by atoms with van der Waals surface area (Å²) >= 11 is 0. The van der Waals surface area contributed by atoms with Crippen LogP contribution in [-0.4, -0.2) is 49.7 Å². The maximum atomic E-state index is 12.7. The highest BCUT2D eigenvalue weighted by molar-refractivity contribution is 7.89. The van der Waals surface area contributed by atoms with Crippen molar-refractivity contribution in [3.8, 4) is 0 Å². The van der Waals surface area contributed by atoms with Gasteiger partial charge in [-0.1, -0.05) is 13.8 Å². The Labute approximate surface area is 153 Å². The fraction of sp³-hybridized carbons (Fsp3) is 0.562. The van der Waals surface area contributed by atoms with Crippen LogP contribution in [-0.2, 0) is 14.8 Å². The zero-order valence-electron chi connectivity index (χ0n) is 15.1. The van der Waals surface area contributed by atoms with Crippen molar-refractivity contribution in [3.05, 3.63) is 28.3 Å². The van der Waals surface area contributed by atoms with Crippen LogP contribution in [0, 0.1) is 16.0 Å². The van der Waals surface area contributed by atoms with Gasteiger partial charge >= 0.3 is 0 Å². The minimum absolute atomic E-state index is 0.112.